The third-order valence-corrected chi connectivity index (χ3v) is 4.71. The zero-order valence-corrected chi connectivity index (χ0v) is 15.8. The topological polar surface area (TPSA) is 70.3 Å². The quantitative estimate of drug-likeness (QED) is 0.522. The summed E-state index contributed by atoms with van der Waals surface area (Å²) < 4.78 is 15.5. The standard InChI is InChI=1S/C22H18FN5/c1-13-4-7-21(25-12-13)28-14(2)8-16(15(28)3)9-17(11-24)22-26-19-6-5-18(23)10-20(19)27-22/h4-10,12H,1-3H3,(H,26,27)/b17-9-. The SMILES string of the molecule is Cc1ccc(-n2c(C)cc(/C=C(/C#N)c3nc4ccc(F)cc4[nH]3)c2C)nc1. The van der Waals surface area contributed by atoms with E-state index in [0.717, 1.165) is 28.3 Å². The molecule has 0 saturated heterocycles. The summed E-state index contributed by atoms with van der Waals surface area (Å²) in [5.41, 5.74) is 5.56. The molecule has 5 nitrogen and oxygen atoms in total. The maximum atomic E-state index is 13.4. The molecule has 1 N–H and O–H groups in total. The lowest BCUT2D eigenvalue weighted by molar-refractivity contribution is 0.629. The molecule has 0 fully saturated rings. The van der Waals surface area contributed by atoms with Crippen LogP contribution in [0.3, 0.4) is 0 Å². The summed E-state index contributed by atoms with van der Waals surface area (Å²) in [4.78, 5) is 11.9. The predicted molar refractivity (Wildman–Crippen MR) is 107 cm³/mol. The summed E-state index contributed by atoms with van der Waals surface area (Å²) in [5, 5.41) is 9.66. The molecule has 0 radical (unpaired) electrons. The van der Waals surface area contributed by atoms with Gasteiger partial charge in [-0.15, -0.1) is 0 Å². The minimum Gasteiger partial charge on any atom is -0.337 e. The maximum absolute atomic E-state index is 13.4. The highest BCUT2D eigenvalue weighted by Gasteiger charge is 2.13. The first-order chi connectivity index (χ1) is 13.5. The van der Waals surface area contributed by atoms with Gasteiger partial charge in [-0.2, -0.15) is 5.26 Å². The van der Waals surface area contributed by atoms with Crippen LogP contribution >= 0.6 is 0 Å². The second-order valence-corrected chi connectivity index (χ2v) is 6.77. The number of nitrogens with one attached hydrogen (secondary N) is 1. The normalized spacial score (nSPS) is 11.8. The first kappa shape index (κ1) is 17.7. The molecule has 0 amide bonds. The number of hydrogen-bond acceptors (Lipinski definition) is 3. The van der Waals surface area contributed by atoms with Gasteiger partial charge < -0.3 is 9.55 Å². The van der Waals surface area contributed by atoms with Gasteiger partial charge >= 0.3 is 0 Å². The second kappa shape index (κ2) is 6.78. The zero-order chi connectivity index (χ0) is 19.8. The molecule has 0 aliphatic rings. The van der Waals surface area contributed by atoms with E-state index in [0.29, 0.717) is 22.4 Å². The van der Waals surface area contributed by atoms with Crippen LogP contribution in [-0.2, 0) is 0 Å². The minimum atomic E-state index is -0.348. The lowest BCUT2D eigenvalue weighted by Crippen LogP contribution is -2.01. The second-order valence-electron chi connectivity index (χ2n) is 6.77. The van der Waals surface area contributed by atoms with Crippen molar-refractivity contribution in [2.24, 2.45) is 0 Å². The number of allylic oxidation sites excluding steroid dienone is 1. The van der Waals surface area contributed by atoms with Crippen molar-refractivity contribution >= 4 is 22.7 Å². The van der Waals surface area contributed by atoms with Crippen molar-refractivity contribution in [3.05, 3.63) is 76.8 Å². The highest BCUT2D eigenvalue weighted by atomic mass is 19.1. The van der Waals surface area contributed by atoms with Gasteiger partial charge in [-0.25, -0.2) is 14.4 Å². The number of halogens is 1. The maximum Gasteiger partial charge on any atom is 0.149 e. The van der Waals surface area contributed by atoms with Gasteiger partial charge in [0, 0.05) is 17.6 Å². The number of rotatable bonds is 3. The van der Waals surface area contributed by atoms with Crippen molar-refractivity contribution in [2.75, 3.05) is 0 Å². The van der Waals surface area contributed by atoms with E-state index in [1.165, 1.54) is 12.1 Å². The van der Waals surface area contributed by atoms with Crippen LogP contribution in [0, 0.1) is 37.9 Å². The molecule has 0 atom stereocenters. The fourth-order valence-electron chi connectivity index (χ4n) is 3.30. The third-order valence-electron chi connectivity index (χ3n) is 4.71. The lowest BCUT2D eigenvalue weighted by atomic mass is 10.1. The Kier molecular flexibility index (Phi) is 4.28. The van der Waals surface area contributed by atoms with Gasteiger partial charge in [0.1, 0.15) is 23.5 Å². The van der Waals surface area contributed by atoms with Crippen LogP contribution < -0.4 is 0 Å². The van der Waals surface area contributed by atoms with Crippen LogP contribution in [0.15, 0.2) is 42.6 Å². The van der Waals surface area contributed by atoms with Crippen molar-refractivity contribution in [3.63, 3.8) is 0 Å². The van der Waals surface area contributed by atoms with E-state index in [2.05, 4.69) is 21.0 Å². The molecule has 6 heteroatoms. The molecule has 0 spiro atoms. The van der Waals surface area contributed by atoms with Crippen LogP contribution in [0.5, 0.6) is 0 Å². The highest BCUT2D eigenvalue weighted by Crippen LogP contribution is 2.25. The Bertz CT molecular complexity index is 1250. The van der Waals surface area contributed by atoms with Crippen molar-refractivity contribution in [3.8, 4) is 11.9 Å². The minimum absolute atomic E-state index is 0.348. The smallest absolute Gasteiger partial charge is 0.149 e. The monoisotopic (exact) mass is 371 g/mol. The number of benzene rings is 1. The lowest BCUT2D eigenvalue weighted by Gasteiger charge is -2.08. The number of nitrogens with zero attached hydrogens (tertiary/aromatic N) is 4. The molecule has 138 valence electrons. The molecule has 0 aliphatic carbocycles. The molecule has 3 aromatic heterocycles. The highest BCUT2D eigenvalue weighted by molar-refractivity contribution is 5.90. The van der Waals surface area contributed by atoms with Crippen molar-refractivity contribution < 1.29 is 4.39 Å². The number of hydrogen-bond donors (Lipinski definition) is 1. The molecule has 4 rings (SSSR count). The van der Waals surface area contributed by atoms with E-state index < -0.39 is 0 Å². The van der Waals surface area contributed by atoms with Crippen LogP contribution in [0.25, 0.3) is 28.5 Å². The Morgan fingerprint density at radius 2 is 2.00 bits per heavy atom. The first-order valence-electron chi connectivity index (χ1n) is 8.85. The molecule has 4 aromatic rings. The third kappa shape index (κ3) is 3.08. The van der Waals surface area contributed by atoms with E-state index in [1.807, 2.05) is 49.7 Å². The van der Waals surface area contributed by atoms with E-state index in [-0.39, 0.29) is 5.82 Å². The molecule has 0 saturated carbocycles. The number of H-pyrrole nitrogens is 1. The molecular weight excluding hydrogens is 353 g/mol. The van der Waals surface area contributed by atoms with Gasteiger partial charge in [0.25, 0.3) is 0 Å². The Morgan fingerprint density at radius 1 is 1.18 bits per heavy atom. The van der Waals surface area contributed by atoms with Gasteiger partial charge in [0.15, 0.2) is 0 Å². The van der Waals surface area contributed by atoms with Crippen LogP contribution in [0.1, 0.15) is 28.3 Å². The largest absolute Gasteiger partial charge is 0.337 e. The number of aryl methyl sites for hydroxylation is 2. The van der Waals surface area contributed by atoms with Crippen LogP contribution in [-0.4, -0.2) is 19.5 Å². The summed E-state index contributed by atoms with van der Waals surface area (Å²) in [6, 6.07) is 12.5. The molecular formula is C22H18FN5. The molecule has 0 bridgehead atoms. The van der Waals surface area contributed by atoms with Gasteiger partial charge in [0.05, 0.1) is 16.6 Å². The van der Waals surface area contributed by atoms with Crippen molar-refractivity contribution in [1.29, 1.82) is 5.26 Å². The van der Waals surface area contributed by atoms with Gasteiger partial charge in [-0.1, -0.05) is 6.07 Å². The van der Waals surface area contributed by atoms with E-state index in [4.69, 9.17) is 0 Å². The Morgan fingerprint density at radius 3 is 2.71 bits per heavy atom. The van der Waals surface area contributed by atoms with E-state index >= 15 is 0 Å². The Hall–Kier alpha value is -3.72. The summed E-state index contributed by atoms with van der Waals surface area (Å²) in [6.45, 7) is 5.99. The van der Waals surface area contributed by atoms with Crippen molar-refractivity contribution in [2.45, 2.75) is 20.8 Å². The van der Waals surface area contributed by atoms with E-state index in [1.54, 1.807) is 12.1 Å². The van der Waals surface area contributed by atoms with Crippen LogP contribution in [0.4, 0.5) is 4.39 Å². The first-order valence-corrected chi connectivity index (χ1v) is 8.85. The molecule has 0 unspecified atom stereocenters. The van der Waals surface area contributed by atoms with Gasteiger partial charge in [0.2, 0.25) is 0 Å². The number of pyridine rings is 1. The average Bonchev–Trinajstić information content (AvgIpc) is 3.20. The molecule has 28 heavy (non-hydrogen) atoms. The summed E-state index contributed by atoms with van der Waals surface area (Å²) in [7, 11) is 0. The zero-order valence-electron chi connectivity index (χ0n) is 15.8. The summed E-state index contributed by atoms with van der Waals surface area (Å²) in [5.74, 6) is 0.902. The molecule has 0 aliphatic heterocycles. The molecule has 1 aromatic carbocycles. The number of aromatic amines is 1. The summed E-state index contributed by atoms with van der Waals surface area (Å²) >= 11 is 0. The number of aromatic nitrogens is 4. The Balaban J connectivity index is 1.79. The number of imidazole rings is 1. The fraction of sp³-hybridized carbons (Fsp3) is 0.136. The fourth-order valence-corrected chi connectivity index (χ4v) is 3.30. The van der Waals surface area contributed by atoms with Crippen LogP contribution in [0.2, 0.25) is 0 Å². The van der Waals surface area contributed by atoms with Gasteiger partial charge in [-0.3, -0.25) is 0 Å². The van der Waals surface area contributed by atoms with Gasteiger partial charge in [-0.05, 0) is 68.3 Å². The Labute approximate surface area is 161 Å². The summed E-state index contributed by atoms with van der Waals surface area (Å²) in [6.07, 6.45) is 3.62. The number of fused-ring (bicyclic) bond motifs is 1. The number of nitriles is 1. The van der Waals surface area contributed by atoms with E-state index in [9.17, 15) is 9.65 Å². The van der Waals surface area contributed by atoms with Crippen molar-refractivity contribution in [1.82, 2.24) is 19.5 Å². The molecule has 3 heterocycles. The predicted octanol–water partition coefficient (Wildman–Crippen LogP) is 4.88. The average molecular weight is 371 g/mol.